The Hall–Kier alpha value is -0.990. The summed E-state index contributed by atoms with van der Waals surface area (Å²) in [5.41, 5.74) is 1.09. The molecule has 1 aromatic rings. The largest absolute Gasteiger partial charge is 0.353 e. The van der Waals surface area contributed by atoms with Crippen molar-refractivity contribution in [3.05, 3.63) is 11.9 Å². The molecule has 1 saturated carbocycles. The van der Waals surface area contributed by atoms with E-state index >= 15 is 0 Å². The van der Waals surface area contributed by atoms with Gasteiger partial charge in [-0.1, -0.05) is 32.1 Å². The number of anilines is 1. The summed E-state index contributed by atoms with van der Waals surface area (Å²) in [4.78, 5) is 4.51. The first-order valence-corrected chi connectivity index (χ1v) is 6.52. The van der Waals surface area contributed by atoms with Crippen LogP contribution in [-0.4, -0.2) is 15.6 Å². The number of nitrogens with one attached hydrogen (secondary N) is 1. The molecule has 1 aromatic heterocycles. The van der Waals surface area contributed by atoms with Crippen LogP contribution in [0.5, 0.6) is 0 Å². The summed E-state index contributed by atoms with van der Waals surface area (Å²) in [6.07, 6.45) is 11.6. The molecule has 16 heavy (non-hydrogen) atoms. The zero-order chi connectivity index (χ0) is 11.4. The summed E-state index contributed by atoms with van der Waals surface area (Å²) >= 11 is 0. The molecule has 1 aliphatic rings. The molecule has 0 bridgehead atoms. The lowest BCUT2D eigenvalue weighted by Crippen LogP contribution is -2.22. The predicted molar refractivity (Wildman–Crippen MR) is 67.7 cm³/mol. The predicted octanol–water partition coefficient (Wildman–Crippen LogP) is 3.25. The molecule has 1 heterocycles. The lowest BCUT2D eigenvalue weighted by Gasteiger charge is -2.21. The van der Waals surface area contributed by atoms with Crippen LogP contribution >= 0.6 is 0 Å². The van der Waals surface area contributed by atoms with Crippen molar-refractivity contribution in [2.45, 2.75) is 57.9 Å². The first-order valence-electron chi connectivity index (χ1n) is 6.52. The first-order chi connectivity index (χ1) is 7.75. The van der Waals surface area contributed by atoms with Crippen LogP contribution in [-0.2, 0) is 7.05 Å². The molecule has 0 unspecified atom stereocenters. The van der Waals surface area contributed by atoms with Crippen LogP contribution in [0.1, 0.15) is 50.6 Å². The molecule has 90 valence electrons. The summed E-state index contributed by atoms with van der Waals surface area (Å²) in [5, 5.41) is 3.59. The van der Waals surface area contributed by atoms with Crippen LogP contribution < -0.4 is 5.32 Å². The minimum absolute atomic E-state index is 0.626. The van der Waals surface area contributed by atoms with E-state index in [2.05, 4.69) is 28.1 Å². The van der Waals surface area contributed by atoms with E-state index in [1.807, 2.05) is 6.92 Å². The van der Waals surface area contributed by atoms with Gasteiger partial charge >= 0.3 is 0 Å². The Morgan fingerprint density at radius 2 is 1.81 bits per heavy atom. The van der Waals surface area contributed by atoms with E-state index < -0.39 is 0 Å². The van der Waals surface area contributed by atoms with Crippen molar-refractivity contribution in [3.63, 3.8) is 0 Å². The van der Waals surface area contributed by atoms with Crippen molar-refractivity contribution < 1.29 is 0 Å². The van der Waals surface area contributed by atoms with Crippen molar-refractivity contribution in [1.29, 1.82) is 0 Å². The minimum Gasteiger partial charge on any atom is -0.353 e. The second-order valence-corrected chi connectivity index (χ2v) is 5.00. The number of imidazole rings is 1. The lowest BCUT2D eigenvalue weighted by molar-refractivity contribution is 0.469. The van der Waals surface area contributed by atoms with E-state index in [4.69, 9.17) is 0 Å². The molecular formula is C13H23N3. The van der Waals surface area contributed by atoms with Gasteiger partial charge in [0.15, 0.2) is 0 Å². The summed E-state index contributed by atoms with van der Waals surface area (Å²) in [6, 6.07) is 0.626. The second kappa shape index (κ2) is 5.37. The highest BCUT2D eigenvalue weighted by Gasteiger charge is 2.13. The summed E-state index contributed by atoms with van der Waals surface area (Å²) in [7, 11) is 2.06. The van der Waals surface area contributed by atoms with Gasteiger partial charge in [-0.05, 0) is 19.8 Å². The number of nitrogens with zero attached hydrogens (tertiary/aromatic N) is 2. The van der Waals surface area contributed by atoms with E-state index in [1.165, 1.54) is 44.9 Å². The fourth-order valence-electron chi connectivity index (χ4n) is 2.53. The Balaban J connectivity index is 1.94. The minimum atomic E-state index is 0.626. The van der Waals surface area contributed by atoms with Crippen molar-refractivity contribution in [2.24, 2.45) is 7.05 Å². The van der Waals surface area contributed by atoms with Gasteiger partial charge < -0.3 is 9.88 Å². The van der Waals surface area contributed by atoms with Gasteiger partial charge in [0, 0.05) is 19.3 Å². The maximum atomic E-state index is 4.51. The topological polar surface area (TPSA) is 29.9 Å². The van der Waals surface area contributed by atoms with Crippen molar-refractivity contribution in [1.82, 2.24) is 9.55 Å². The third-order valence-electron chi connectivity index (χ3n) is 3.44. The van der Waals surface area contributed by atoms with E-state index in [9.17, 15) is 0 Å². The van der Waals surface area contributed by atoms with Crippen LogP contribution in [0.3, 0.4) is 0 Å². The van der Waals surface area contributed by atoms with Crippen molar-refractivity contribution in [2.75, 3.05) is 5.32 Å². The molecule has 0 aliphatic heterocycles. The fraction of sp³-hybridized carbons (Fsp3) is 0.769. The SMILES string of the molecule is Cc1cn(C)c(NC2CCCCCCC2)n1. The Labute approximate surface area is 98.3 Å². The van der Waals surface area contributed by atoms with Crippen LogP contribution in [0.25, 0.3) is 0 Å². The number of hydrogen-bond acceptors (Lipinski definition) is 2. The highest BCUT2D eigenvalue weighted by molar-refractivity contribution is 5.29. The number of hydrogen-bond donors (Lipinski definition) is 1. The molecule has 0 spiro atoms. The van der Waals surface area contributed by atoms with Gasteiger partial charge in [-0.3, -0.25) is 0 Å². The highest BCUT2D eigenvalue weighted by Crippen LogP contribution is 2.20. The Morgan fingerprint density at radius 3 is 2.38 bits per heavy atom. The third-order valence-corrected chi connectivity index (χ3v) is 3.44. The summed E-state index contributed by atoms with van der Waals surface area (Å²) < 4.78 is 2.09. The zero-order valence-electron chi connectivity index (χ0n) is 10.5. The van der Waals surface area contributed by atoms with Crippen LogP contribution in [0.2, 0.25) is 0 Å². The molecule has 3 heteroatoms. The molecule has 0 saturated heterocycles. The summed E-state index contributed by atoms with van der Waals surface area (Å²) in [6.45, 7) is 2.04. The Kier molecular flexibility index (Phi) is 3.86. The van der Waals surface area contributed by atoms with Gasteiger partial charge in [-0.15, -0.1) is 0 Å². The summed E-state index contributed by atoms with van der Waals surface area (Å²) in [5.74, 6) is 1.03. The average Bonchev–Trinajstić information content (AvgIpc) is 2.49. The zero-order valence-corrected chi connectivity index (χ0v) is 10.5. The standard InChI is InChI=1S/C13H23N3/c1-11-10-16(2)13(14-11)15-12-8-6-4-3-5-7-9-12/h10,12H,3-9H2,1-2H3,(H,14,15). The van der Waals surface area contributed by atoms with E-state index in [0.29, 0.717) is 6.04 Å². The molecule has 0 amide bonds. The van der Waals surface area contributed by atoms with Crippen molar-refractivity contribution >= 4 is 5.95 Å². The van der Waals surface area contributed by atoms with Crippen LogP contribution in [0, 0.1) is 6.92 Å². The quantitative estimate of drug-likeness (QED) is 0.830. The fourth-order valence-corrected chi connectivity index (χ4v) is 2.53. The molecule has 0 atom stereocenters. The molecule has 0 aromatic carbocycles. The van der Waals surface area contributed by atoms with E-state index in [0.717, 1.165) is 11.6 Å². The van der Waals surface area contributed by atoms with E-state index in [1.54, 1.807) is 0 Å². The molecular weight excluding hydrogens is 198 g/mol. The third kappa shape index (κ3) is 3.00. The van der Waals surface area contributed by atoms with Gasteiger partial charge in [0.05, 0.1) is 5.69 Å². The number of aryl methyl sites for hydroxylation is 2. The van der Waals surface area contributed by atoms with Gasteiger partial charge in [-0.2, -0.15) is 0 Å². The smallest absolute Gasteiger partial charge is 0.202 e. The second-order valence-electron chi connectivity index (χ2n) is 5.00. The monoisotopic (exact) mass is 221 g/mol. The van der Waals surface area contributed by atoms with Gasteiger partial charge in [0.2, 0.25) is 5.95 Å². The maximum Gasteiger partial charge on any atom is 0.202 e. The first kappa shape index (κ1) is 11.5. The normalized spacial score (nSPS) is 19.1. The number of rotatable bonds is 2. The molecule has 3 nitrogen and oxygen atoms in total. The Morgan fingerprint density at radius 1 is 1.19 bits per heavy atom. The van der Waals surface area contributed by atoms with Gasteiger partial charge in [-0.25, -0.2) is 4.98 Å². The molecule has 2 rings (SSSR count). The highest BCUT2D eigenvalue weighted by atomic mass is 15.2. The van der Waals surface area contributed by atoms with Crippen LogP contribution in [0.15, 0.2) is 6.20 Å². The Bertz CT molecular complexity index is 322. The van der Waals surface area contributed by atoms with Crippen LogP contribution in [0.4, 0.5) is 5.95 Å². The lowest BCUT2D eigenvalue weighted by atomic mass is 9.97. The molecule has 1 N–H and O–H groups in total. The maximum absolute atomic E-state index is 4.51. The number of aromatic nitrogens is 2. The van der Waals surface area contributed by atoms with Gasteiger partial charge in [0.25, 0.3) is 0 Å². The molecule has 1 fully saturated rings. The average molecular weight is 221 g/mol. The molecule has 1 aliphatic carbocycles. The van der Waals surface area contributed by atoms with Crippen molar-refractivity contribution in [3.8, 4) is 0 Å². The molecule has 0 radical (unpaired) electrons. The van der Waals surface area contributed by atoms with Gasteiger partial charge in [0.1, 0.15) is 0 Å². The van der Waals surface area contributed by atoms with E-state index in [-0.39, 0.29) is 0 Å².